The van der Waals surface area contributed by atoms with Gasteiger partial charge in [-0.15, -0.1) is 0 Å². The third-order valence-corrected chi connectivity index (χ3v) is 2.70. The second-order valence-electron chi connectivity index (χ2n) is 4.14. The fourth-order valence-corrected chi connectivity index (χ4v) is 1.56. The SMILES string of the molecule is Cc1ccc(C(C)C)cc1OCC=CCS. The van der Waals surface area contributed by atoms with Crippen molar-refractivity contribution in [3.63, 3.8) is 0 Å². The Labute approximate surface area is 104 Å². The van der Waals surface area contributed by atoms with Crippen LogP contribution >= 0.6 is 12.6 Å². The van der Waals surface area contributed by atoms with E-state index in [4.69, 9.17) is 4.74 Å². The Morgan fingerprint density at radius 2 is 2.06 bits per heavy atom. The molecule has 1 rings (SSSR count). The summed E-state index contributed by atoms with van der Waals surface area (Å²) >= 11 is 4.10. The Morgan fingerprint density at radius 3 is 2.69 bits per heavy atom. The molecule has 0 fully saturated rings. The number of thiol groups is 1. The van der Waals surface area contributed by atoms with Gasteiger partial charge in [-0.1, -0.05) is 38.1 Å². The van der Waals surface area contributed by atoms with Crippen LogP contribution in [0.3, 0.4) is 0 Å². The number of ether oxygens (including phenoxy) is 1. The molecule has 0 atom stereocenters. The lowest BCUT2D eigenvalue weighted by Gasteiger charge is -2.11. The van der Waals surface area contributed by atoms with Gasteiger partial charge in [-0.25, -0.2) is 0 Å². The van der Waals surface area contributed by atoms with Gasteiger partial charge in [0.1, 0.15) is 12.4 Å². The summed E-state index contributed by atoms with van der Waals surface area (Å²) in [7, 11) is 0. The molecule has 0 aliphatic heterocycles. The van der Waals surface area contributed by atoms with Crippen molar-refractivity contribution < 1.29 is 4.74 Å². The predicted octanol–water partition coefficient (Wildman–Crippen LogP) is 3.98. The van der Waals surface area contributed by atoms with Gasteiger partial charge >= 0.3 is 0 Å². The minimum absolute atomic E-state index is 0.538. The van der Waals surface area contributed by atoms with Crippen LogP contribution in [0.5, 0.6) is 5.75 Å². The predicted molar refractivity (Wildman–Crippen MR) is 73.8 cm³/mol. The summed E-state index contributed by atoms with van der Waals surface area (Å²) in [4.78, 5) is 0. The van der Waals surface area contributed by atoms with E-state index in [9.17, 15) is 0 Å². The van der Waals surface area contributed by atoms with Gasteiger partial charge in [0.25, 0.3) is 0 Å². The van der Waals surface area contributed by atoms with E-state index in [0.29, 0.717) is 12.5 Å². The van der Waals surface area contributed by atoms with E-state index in [0.717, 1.165) is 11.5 Å². The van der Waals surface area contributed by atoms with Crippen molar-refractivity contribution in [3.8, 4) is 5.75 Å². The number of rotatable bonds is 5. The molecule has 1 aromatic rings. The van der Waals surface area contributed by atoms with Crippen LogP contribution < -0.4 is 4.74 Å². The standard InChI is InChI=1S/C14H20OS/c1-11(2)13-7-6-12(3)14(10-13)15-8-4-5-9-16/h4-7,10-11,16H,8-9H2,1-3H3. The van der Waals surface area contributed by atoms with Crippen molar-refractivity contribution in [2.75, 3.05) is 12.4 Å². The fourth-order valence-electron chi connectivity index (χ4n) is 1.41. The maximum absolute atomic E-state index is 5.71. The highest BCUT2D eigenvalue weighted by molar-refractivity contribution is 7.80. The van der Waals surface area contributed by atoms with Gasteiger partial charge in [-0.05, 0) is 30.0 Å². The quantitative estimate of drug-likeness (QED) is 0.601. The van der Waals surface area contributed by atoms with Crippen LogP contribution in [-0.4, -0.2) is 12.4 Å². The Hall–Kier alpha value is -0.890. The molecule has 2 heteroatoms. The van der Waals surface area contributed by atoms with Crippen LogP contribution in [0.15, 0.2) is 30.4 Å². The molecule has 0 radical (unpaired) electrons. The molecule has 0 saturated carbocycles. The molecule has 0 amide bonds. The van der Waals surface area contributed by atoms with Gasteiger partial charge in [0.15, 0.2) is 0 Å². The van der Waals surface area contributed by atoms with Crippen molar-refractivity contribution in [1.29, 1.82) is 0 Å². The molecular formula is C14H20OS. The van der Waals surface area contributed by atoms with Gasteiger partial charge in [0.2, 0.25) is 0 Å². The second-order valence-corrected chi connectivity index (χ2v) is 4.51. The van der Waals surface area contributed by atoms with E-state index in [1.54, 1.807) is 0 Å². The van der Waals surface area contributed by atoms with Gasteiger partial charge in [-0.3, -0.25) is 0 Å². The van der Waals surface area contributed by atoms with Gasteiger partial charge in [-0.2, -0.15) is 12.6 Å². The summed E-state index contributed by atoms with van der Waals surface area (Å²) in [5.41, 5.74) is 2.50. The largest absolute Gasteiger partial charge is 0.489 e. The maximum Gasteiger partial charge on any atom is 0.122 e. The normalized spacial score (nSPS) is 11.3. The number of hydrogen-bond acceptors (Lipinski definition) is 2. The average Bonchev–Trinajstić information content (AvgIpc) is 2.26. The molecule has 0 saturated heterocycles. The molecule has 0 aliphatic carbocycles. The lowest BCUT2D eigenvalue weighted by Crippen LogP contribution is -1.97. The van der Waals surface area contributed by atoms with Gasteiger partial charge in [0.05, 0.1) is 0 Å². The number of benzene rings is 1. The molecule has 16 heavy (non-hydrogen) atoms. The summed E-state index contributed by atoms with van der Waals surface area (Å²) in [6, 6.07) is 6.41. The first-order valence-electron chi connectivity index (χ1n) is 5.64. The number of aryl methyl sites for hydroxylation is 1. The number of hydrogen-bond donors (Lipinski definition) is 1. The molecule has 0 N–H and O–H groups in total. The van der Waals surface area contributed by atoms with Gasteiger partial charge < -0.3 is 4.74 Å². The van der Waals surface area contributed by atoms with E-state index in [-0.39, 0.29) is 0 Å². The van der Waals surface area contributed by atoms with E-state index in [2.05, 4.69) is 51.6 Å². The molecule has 0 heterocycles. The van der Waals surface area contributed by atoms with Crippen molar-refractivity contribution in [2.24, 2.45) is 0 Å². The van der Waals surface area contributed by atoms with Crippen LogP contribution in [-0.2, 0) is 0 Å². The monoisotopic (exact) mass is 236 g/mol. The van der Waals surface area contributed by atoms with Gasteiger partial charge in [0, 0.05) is 5.75 Å². The minimum atomic E-state index is 0.538. The van der Waals surface area contributed by atoms with E-state index in [1.807, 2.05) is 12.2 Å². The Morgan fingerprint density at radius 1 is 1.31 bits per heavy atom. The summed E-state index contributed by atoms with van der Waals surface area (Å²) in [6.45, 7) is 7.06. The third kappa shape index (κ3) is 3.93. The highest BCUT2D eigenvalue weighted by Gasteiger charge is 2.03. The first-order chi connectivity index (χ1) is 7.65. The molecule has 0 spiro atoms. The summed E-state index contributed by atoms with van der Waals surface area (Å²) < 4.78 is 5.71. The molecule has 1 aromatic carbocycles. The van der Waals surface area contributed by atoms with Crippen LogP contribution in [0.1, 0.15) is 30.9 Å². The van der Waals surface area contributed by atoms with Crippen molar-refractivity contribution in [3.05, 3.63) is 41.5 Å². The molecule has 1 nitrogen and oxygen atoms in total. The Bertz CT molecular complexity index is 356. The highest BCUT2D eigenvalue weighted by atomic mass is 32.1. The smallest absolute Gasteiger partial charge is 0.122 e. The third-order valence-electron chi connectivity index (χ3n) is 2.49. The maximum atomic E-state index is 5.71. The van der Waals surface area contributed by atoms with Crippen molar-refractivity contribution >= 4 is 12.6 Å². The first-order valence-corrected chi connectivity index (χ1v) is 6.27. The average molecular weight is 236 g/mol. The topological polar surface area (TPSA) is 9.23 Å². The van der Waals surface area contributed by atoms with Crippen molar-refractivity contribution in [1.82, 2.24) is 0 Å². The van der Waals surface area contributed by atoms with Crippen molar-refractivity contribution in [2.45, 2.75) is 26.7 Å². The lowest BCUT2D eigenvalue weighted by atomic mass is 10.0. The molecule has 0 bridgehead atoms. The molecular weight excluding hydrogens is 216 g/mol. The van der Waals surface area contributed by atoms with E-state index < -0.39 is 0 Å². The Balaban J connectivity index is 2.70. The second kappa shape index (κ2) is 6.64. The van der Waals surface area contributed by atoms with Crippen LogP contribution in [0.4, 0.5) is 0 Å². The lowest BCUT2D eigenvalue weighted by molar-refractivity contribution is 0.359. The van der Waals surface area contributed by atoms with E-state index in [1.165, 1.54) is 11.1 Å². The zero-order valence-corrected chi connectivity index (χ0v) is 11.1. The zero-order chi connectivity index (χ0) is 12.0. The molecule has 0 aromatic heterocycles. The summed E-state index contributed by atoms with van der Waals surface area (Å²) in [5, 5.41) is 0. The summed E-state index contributed by atoms with van der Waals surface area (Å²) in [6.07, 6.45) is 3.99. The zero-order valence-electron chi connectivity index (χ0n) is 10.2. The minimum Gasteiger partial charge on any atom is -0.489 e. The Kier molecular flexibility index (Phi) is 5.47. The first kappa shape index (κ1) is 13.2. The molecule has 0 unspecified atom stereocenters. The van der Waals surface area contributed by atoms with Crippen LogP contribution in [0, 0.1) is 6.92 Å². The molecule has 88 valence electrons. The summed E-state index contributed by atoms with van der Waals surface area (Å²) in [5.74, 6) is 2.28. The highest BCUT2D eigenvalue weighted by Crippen LogP contribution is 2.24. The van der Waals surface area contributed by atoms with Crippen LogP contribution in [0.25, 0.3) is 0 Å². The van der Waals surface area contributed by atoms with Crippen LogP contribution in [0.2, 0.25) is 0 Å². The molecule has 0 aliphatic rings. The fraction of sp³-hybridized carbons (Fsp3) is 0.429. The van der Waals surface area contributed by atoms with E-state index >= 15 is 0 Å².